The zero-order valence-corrected chi connectivity index (χ0v) is 15.3. The van der Waals surface area contributed by atoms with Crippen molar-refractivity contribution in [2.45, 2.75) is 0 Å². The van der Waals surface area contributed by atoms with E-state index in [1.807, 2.05) is 0 Å². The second-order valence-corrected chi connectivity index (χ2v) is 8.21. The van der Waals surface area contributed by atoms with Gasteiger partial charge in [0.1, 0.15) is 11.6 Å². The molecule has 5 rings (SSSR count). The first kappa shape index (κ1) is 15.9. The van der Waals surface area contributed by atoms with Gasteiger partial charge in [-0.1, -0.05) is 22.7 Å². The predicted octanol–water partition coefficient (Wildman–Crippen LogP) is 4.51. The van der Waals surface area contributed by atoms with E-state index in [1.54, 1.807) is 12.1 Å². The molecule has 1 aliphatic heterocycles. The number of anilines is 2. The van der Waals surface area contributed by atoms with E-state index in [0.717, 1.165) is 56.9 Å². The maximum Gasteiger partial charge on any atom is 0.186 e. The number of hydrogen-bond acceptors (Lipinski definition) is 6. The fourth-order valence-corrected chi connectivity index (χ4v) is 5.22. The summed E-state index contributed by atoms with van der Waals surface area (Å²) in [4.78, 5) is 13.7. The summed E-state index contributed by atoms with van der Waals surface area (Å²) in [5.74, 6) is -0.463. The first-order valence-corrected chi connectivity index (χ1v) is 9.91. The molecule has 0 aliphatic carbocycles. The Morgan fingerprint density at radius 1 is 0.692 bits per heavy atom. The van der Waals surface area contributed by atoms with Gasteiger partial charge in [-0.25, -0.2) is 18.7 Å². The van der Waals surface area contributed by atoms with Crippen molar-refractivity contribution in [3.63, 3.8) is 0 Å². The molecular weight excluding hydrogens is 374 g/mol. The number of fused-ring (bicyclic) bond motifs is 2. The van der Waals surface area contributed by atoms with Gasteiger partial charge in [-0.3, -0.25) is 0 Å². The van der Waals surface area contributed by atoms with Crippen molar-refractivity contribution in [1.29, 1.82) is 0 Å². The molecule has 132 valence electrons. The van der Waals surface area contributed by atoms with Crippen molar-refractivity contribution in [2.75, 3.05) is 36.0 Å². The quantitative estimate of drug-likeness (QED) is 0.506. The smallest absolute Gasteiger partial charge is 0.186 e. The van der Waals surface area contributed by atoms with Crippen LogP contribution in [0, 0.1) is 11.6 Å². The highest BCUT2D eigenvalue weighted by molar-refractivity contribution is 7.22. The Bertz CT molecular complexity index is 1010. The Morgan fingerprint density at radius 2 is 1.12 bits per heavy atom. The molecule has 1 fully saturated rings. The van der Waals surface area contributed by atoms with Crippen LogP contribution in [0.25, 0.3) is 20.4 Å². The molecule has 8 heteroatoms. The molecule has 1 aliphatic rings. The Hall–Kier alpha value is -2.32. The van der Waals surface area contributed by atoms with E-state index in [0.29, 0.717) is 0 Å². The molecule has 0 unspecified atom stereocenters. The molecule has 0 amide bonds. The highest BCUT2D eigenvalue weighted by Crippen LogP contribution is 2.32. The van der Waals surface area contributed by atoms with Gasteiger partial charge in [-0.05, 0) is 36.4 Å². The van der Waals surface area contributed by atoms with Crippen molar-refractivity contribution in [3.05, 3.63) is 48.0 Å². The van der Waals surface area contributed by atoms with Crippen LogP contribution < -0.4 is 9.80 Å². The molecular formula is C18H14F2N4S2. The maximum atomic E-state index is 13.4. The number of piperazine rings is 1. The summed E-state index contributed by atoms with van der Waals surface area (Å²) in [5, 5.41) is 1.85. The number of thiazole rings is 2. The van der Waals surface area contributed by atoms with Gasteiger partial charge in [0.2, 0.25) is 0 Å². The lowest BCUT2D eigenvalue weighted by atomic mass is 10.3. The van der Waals surface area contributed by atoms with Crippen LogP contribution >= 0.6 is 22.7 Å². The van der Waals surface area contributed by atoms with E-state index in [1.165, 1.54) is 46.9 Å². The number of hydrogen-bond donors (Lipinski definition) is 0. The largest absolute Gasteiger partial charge is 0.345 e. The molecule has 0 atom stereocenters. The van der Waals surface area contributed by atoms with Gasteiger partial charge in [0, 0.05) is 26.2 Å². The Kier molecular flexibility index (Phi) is 3.75. The lowest BCUT2D eigenvalue weighted by molar-refractivity contribution is 0.629. The second-order valence-electron chi connectivity index (χ2n) is 6.19. The molecule has 0 bridgehead atoms. The maximum absolute atomic E-state index is 13.4. The van der Waals surface area contributed by atoms with Crippen LogP contribution in [0.2, 0.25) is 0 Å². The third kappa shape index (κ3) is 2.79. The van der Waals surface area contributed by atoms with Crippen LogP contribution in [0.4, 0.5) is 19.0 Å². The molecule has 2 aromatic carbocycles. The van der Waals surface area contributed by atoms with Crippen LogP contribution in [0.3, 0.4) is 0 Å². The molecule has 4 aromatic rings. The molecule has 26 heavy (non-hydrogen) atoms. The van der Waals surface area contributed by atoms with Gasteiger partial charge in [0.05, 0.1) is 20.4 Å². The zero-order chi connectivity index (χ0) is 17.7. The Morgan fingerprint density at radius 3 is 1.54 bits per heavy atom. The topological polar surface area (TPSA) is 32.3 Å². The number of halogens is 2. The highest BCUT2D eigenvalue weighted by atomic mass is 32.1. The lowest BCUT2D eigenvalue weighted by Gasteiger charge is -2.34. The van der Waals surface area contributed by atoms with Crippen molar-refractivity contribution >= 4 is 53.4 Å². The number of rotatable bonds is 2. The average molecular weight is 388 g/mol. The minimum absolute atomic E-state index is 0.232. The van der Waals surface area contributed by atoms with Crippen molar-refractivity contribution < 1.29 is 8.78 Å². The third-order valence-corrected chi connectivity index (χ3v) is 6.66. The van der Waals surface area contributed by atoms with Crippen molar-refractivity contribution in [1.82, 2.24) is 9.97 Å². The summed E-state index contributed by atoms with van der Waals surface area (Å²) in [6.45, 7) is 3.30. The van der Waals surface area contributed by atoms with Gasteiger partial charge < -0.3 is 9.80 Å². The zero-order valence-electron chi connectivity index (χ0n) is 13.7. The predicted molar refractivity (Wildman–Crippen MR) is 104 cm³/mol. The van der Waals surface area contributed by atoms with E-state index in [-0.39, 0.29) is 11.6 Å². The van der Waals surface area contributed by atoms with Crippen LogP contribution in [0.5, 0.6) is 0 Å². The summed E-state index contributed by atoms with van der Waals surface area (Å²) < 4.78 is 28.5. The monoisotopic (exact) mass is 388 g/mol. The standard InChI is InChI=1S/C18H14F2N4S2/c19-11-1-3-13-15(9-11)25-17(21-13)23-5-7-24(8-6-23)18-22-14-4-2-12(20)10-16(14)26-18/h1-4,9-10H,5-8H2. The second kappa shape index (κ2) is 6.14. The minimum Gasteiger partial charge on any atom is -0.345 e. The average Bonchev–Trinajstić information content (AvgIpc) is 3.25. The van der Waals surface area contributed by atoms with Crippen molar-refractivity contribution in [3.8, 4) is 0 Å². The molecule has 3 heterocycles. The van der Waals surface area contributed by atoms with Crippen molar-refractivity contribution in [2.24, 2.45) is 0 Å². The van der Waals surface area contributed by atoms with Crippen LogP contribution in [-0.4, -0.2) is 36.1 Å². The van der Waals surface area contributed by atoms with E-state index >= 15 is 0 Å². The Labute approximate surface area is 156 Å². The fourth-order valence-electron chi connectivity index (χ4n) is 3.13. The molecule has 4 nitrogen and oxygen atoms in total. The van der Waals surface area contributed by atoms with Gasteiger partial charge in [0.25, 0.3) is 0 Å². The van der Waals surface area contributed by atoms with E-state index in [9.17, 15) is 8.78 Å². The lowest BCUT2D eigenvalue weighted by Crippen LogP contribution is -2.46. The third-order valence-electron chi connectivity index (χ3n) is 4.50. The summed E-state index contributed by atoms with van der Waals surface area (Å²) >= 11 is 3.04. The van der Waals surface area contributed by atoms with Gasteiger partial charge >= 0.3 is 0 Å². The van der Waals surface area contributed by atoms with Crippen LogP contribution in [0.15, 0.2) is 36.4 Å². The first-order valence-electron chi connectivity index (χ1n) is 8.28. The minimum atomic E-state index is -0.232. The van der Waals surface area contributed by atoms with Crippen LogP contribution in [-0.2, 0) is 0 Å². The summed E-state index contributed by atoms with van der Waals surface area (Å²) in [7, 11) is 0. The summed E-state index contributed by atoms with van der Waals surface area (Å²) in [6, 6.07) is 9.40. The molecule has 2 aromatic heterocycles. The normalized spacial score (nSPS) is 15.3. The molecule has 0 spiro atoms. The SMILES string of the molecule is Fc1ccc2nc(N3CCN(c4nc5ccc(F)cc5s4)CC3)sc2c1. The van der Waals surface area contributed by atoms with Crippen LogP contribution in [0.1, 0.15) is 0 Å². The molecule has 0 N–H and O–H groups in total. The summed E-state index contributed by atoms with van der Waals surface area (Å²) in [6.07, 6.45) is 0. The molecule has 1 saturated heterocycles. The summed E-state index contributed by atoms with van der Waals surface area (Å²) in [5.41, 5.74) is 1.67. The van der Waals surface area contributed by atoms with E-state index in [2.05, 4.69) is 19.8 Å². The molecule has 0 saturated carbocycles. The van der Waals surface area contributed by atoms with Gasteiger partial charge in [-0.15, -0.1) is 0 Å². The fraction of sp³-hybridized carbons (Fsp3) is 0.222. The molecule has 0 radical (unpaired) electrons. The number of benzene rings is 2. The van der Waals surface area contributed by atoms with Gasteiger partial charge in [0.15, 0.2) is 10.3 Å². The van der Waals surface area contributed by atoms with E-state index < -0.39 is 0 Å². The Balaban J connectivity index is 1.34. The number of aromatic nitrogens is 2. The first-order chi connectivity index (χ1) is 12.7. The highest BCUT2D eigenvalue weighted by Gasteiger charge is 2.22. The van der Waals surface area contributed by atoms with Gasteiger partial charge in [-0.2, -0.15) is 0 Å². The number of nitrogens with zero attached hydrogens (tertiary/aromatic N) is 4. The van der Waals surface area contributed by atoms with E-state index in [4.69, 9.17) is 0 Å².